The average molecular weight is 741 g/mol. The van der Waals surface area contributed by atoms with E-state index < -0.39 is 34.0 Å². The van der Waals surface area contributed by atoms with E-state index in [1.165, 1.54) is 33.5 Å². The molecule has 2 fully saturated rings. The Bertz CT molecular complexity index is 1800. The molecular weight excluding hydrogens is 701 g/mol. The number of nitrogens with zero attached hydrogens (tertiary/aromatic N) is 6. The molecule has 1 aromatic heterocycles. The normalized spacial score (nSPS) is 19.9. The van der Waals surface area contributed by atoms with E-state index >= 15 is 0 Å². The summed E-state index contributed by atoms with van der Waals surface area (Å²) in [7, 11) is -3.59. The second kappa shape index (κ2) is 14.8. The zero-order valence-electron chi connectivity index (χ0n) is 27.5. The lowest BCUT2D eigenvalue weighted by molar-refractivity contribution is -0.139. The van der Waals surface area contributed by atoms with Gasteiger partial charge < -0.3 is 20.0 Å². The third-order valence-electron chi connectivity index (χ3n) is 9.41. The summed E-state index contributed by atoms with van der Waals surface area (Å²) in [6.45, 7) is 3.83. The number of aliphatic hydroxyl groups excluding tert-OH is 2. The van der Waals surface area contributed by atoms with Crippen LogP contribution in [-0.4, -0.2) is 125 Å². The van der Waals surface area contributed by atoms with Crippen LogP contribution < -0.4 is 4.90 Å². The molecule has 0 aliphatic carbocycles. The van der Waals surface area contributed by atoms with E-state index in [2.05, 4.69) is 9.80 Å². The fourth-order valence-corrected chi connectivity index (χ4v) is 8.55. The molecule has 50 heavy (non-hydrogen) atoms. The first-order valence-corrected chi connectivity index (χ1v) is 19.2. The van der Waals surface area contributed by atoms with Crippen molar-refractivity contribution in [3.05, 3.63) is 65.1 Å². The predicted molar refractivity (Wildman–Crippen MR) is 181 cm³/mol. The summed E-state index contributed by atoms with van der Waals surface area (Å²) in [4.78, 5) is 18.3. The van der Waals surface area contributed by atoms with Gasteiger partial charge in [-0.05, 0) is 42.8 Å². The number of fused-ring (bicyclic) bond motifs is 1. The Morgan fingerprint density at radius 1 is 1.04 bits per heavy atom. The van der Waals surface area contributed by atoms with Crippen LogP contribution in [0, 0.1) is 5.82 Å². The van der Waals surface area contributed by atoms with Gasteiger partial charge in [-0.15, -0.1) is 11.8 Å². The van der Waals surface area contributed by atoms with Crippen LogP contribution in [0.25, 0.3) is 11.3 Å². The molecule has 0 spiro atoms. The van der Waals surface area contributed by atoms with Gasteiger partial charge in [0, 0.05) is 92.7 Å². The molecule has 6 rings (SSSR count). The molecule has 3 aliphatic rings. The second-order valence-electron chi connectivity index (χ2n) is 13.0. The van der Waals surface area contributed by atoms with E-state index in [1.54, 1.807) is 16.8 Å². The second-order valence-corrected chi connectivity index (χ2v) is 16.0. The van der Waals surface area contributed by atoms with Gasteiger partial charge in [-0.1, -0.05) is 6.07 Å². The van der Waals surface area contributed by atoms with Crippen LogP contribution in [0.15, 0.2) is 47.4 Å². The van der Waals surface area contributed by atoms with Gasteiger partial charge in [-0.25, -0.2) is 12.8 Å². The maximum atomic E-state index is 14.1. The molecular formula is C33H40F4N6O5S2. The smallest absolute Gasteiger partial charge is 0.391 e. The Hall–Kier alpha value is -3.22. The highest BCUT2D eigenvalue weighted by atomic mass is 32.2. The number of anilines is 1. The fraction of sp³-hybridized carbons (Fsp3) is 0.515. The quantitative estimate of drug-likeness (QED) is 0.239. The van der Waals surface area contributed by atoms with Crippen molar-refractivity contribution in [2.75, 3.05) is 69.3 Å². The summed E-state index contributed by atoms with van der Waals surface area (Å²) in [5.74, 6) is -0.924. The predicted octanol–water partition coefficient (Wildman–Crippen LogP) is 2.89. The lowest BCUT2D eigenvalue weighted by Gasteiger charge is -2.37. The van der Waals surface area contributed by atoms with Crippen LogP contribution >= 0.6 is 11.8 Å². The van der Waals surface area contributed by atoms with Crippen molar-refractivity contribution in [3.63, 3.8) is 0 Å². The van der Waals surface area contributed by atoms with E-state index in [1.807, 2.05) is 0 Å². The van der Waals surface area contributed by atoms with Gasteiger partial charge in [0.2, 0.25) is 15.9 Å². The summed E-state index contributed by atoms with van der Waals surface area (Å²) in [6, 6.07) is 9.91. The number of benzene rings is 2. The maximum absolute atomic E-state index is 14.1. The van der Waals surface area contributed by atoms with Crippen molar-refractivity contribution in [2.24, 2.45) is 0 Å². The largest absolute Gasteiger partial charge is 0.417 e. The number of aromatic nitrogens is 2. The molecule has 272 valence electrons. The van der Waals surface area contributed by atoms with E-state index in [4.69, 9.17) is 5.10 Å². The molecule has 0 bridgehead atoms. The average Bonchev–Trinajstić information content (AvgIpc) is 3.66. The van der Waals surface area contributed by atoms with Crippen LogP contribution in [0.5, 0.6) is 0 Å². The Balaban J connectivity index is 1.22. The van der Waals surface area contributed by atoms with Crippen molar-refractivity contribution in [3.8, 4) is 11.3 Å². The summed E-state index contributed by atoms with van der Waals surface area (Å²) < 4.78 is 83.6. The number of carbonyl (C=O) groups is 1. The van der Waals surface area contributed by atoms with Gasteiger partial charge in [0.05, 0.1) is 42.0 Å². The van der Waals surface area contributed by atoms with Gasteiger partial charge >= 0.3 is 6.18 Å². The van der Waals surface area contributed by atoms with E-state index in [-0.39, 0.29) is 48.6 Å². The molecule has 2 saturated heterocycles. The standard InChI is InChI=1S/C33H40F4N6O5S2/c1-50(47,48)42-11-9-29-27(20-42)32(22-2-7-28(33(35,36)37)30(16-22)49-21-31(46)41-10-8-25(44)18-41)38-43(29)19-26(45)17-39-12-14-40(15-13-39)24-5-3-23(34)4-6-24/h2-7,16,25-26,44-45H,8-15,17-21H2,1H3. The highest BCUT2D eigenvalue weighted by molar-refractivity contribution is 8.00. The molecule has 3 aliphatic heterocycles. The minimum atomic E-state index is -4.69. The molecule has 0 radical (unpaired) electrons. The number of sulfonamides is 1. The molecule has 2 aromatic carbocycles. The lowest BCUT2D eigenvalue weighted by Crippen LogP contribution is -2.49. The summed E-state index contributed by atoms with van der Waals surface area (Å²) in [5, 5.41) is 25.7. The van der Waals surface area contributed by atoms with Gasteiger partial charge in [-0.3, -0.25) is 14.4 Å². The molecule has 2 N–H and O–H groups in total. The van der Waals surface area contributed by atoms with Crippen LogP contribution in [0.3, 0.4) is 0 Å². The van der Waals surface area contributed by atoms with Crippen LogP contribution in [0.4, 0.5) is 23.2 Å². The number of likely N-dealkylation sites (tertiary alicyclic amines) is 1. The molecule has 2 atom stereocenters. The topological polar surface area (TPSA) is 122 Å². The Morgan fingerprint density at radius 3 is 2.40 bits per heavy atom. The number of piperazine rings is 1. The van der Waals surface area contributed by atoms with Gasteiger partial charge in [0.15, 0.2) is 0 Å². The van der Waals surface area contributed by atoms with E-state index in [0.29, 0.717) is 74.6 Å². The van der Waals surface area contributed by atoms with Crippen LogP contribution in [0.2, 0.25) is 0 Å². The van der Waals surface area contributed by atoms with E-state index in [9.17, 15) is 41.0 Å². The summed E-state index contributed by atoms with van der Waals surface area (Å²) in [6.07, 6.45) is -4.36. The van der Waals surface area contributed by atoms with Gasteiger partial charge in [0.25, 0.3) is 0 Å². The number of hydrogen-bond donors (Lipinski definition) is 2. The van der Waals surface area contributed by atoms with Crippen molar-refractivity contribution in [2.45, 2.75) is 49.2 Å². The first-order valence-electron chi connectivity index (χ1n) is 16.4. The molecule has 0 saturated carbocycles. The molecule has 4 heterocycles. The maximum Gasteiger partial charge on any atom is 0.417 e. The third-order valence-corrected chi connectivity index (χ3v) is 11.7. The van der Waals surface area contributed by atoms with Crippen molar-refractivity contribution < 1.29 is 41.0 Å². The summed E-state index contributed by atoms with van der Waals surface area (Å²) in [5.41, 5.74) is 1.94. The first kappa shape index (κ1) is 36.6. The molecule has 2 unspecified atom stereocenters. The van der Waals surface area contributed by atoms with Crippen LogP contribution in [0.1, 0.15) is 23.2 Å². The number of hydrogen-bond acceptors (Lipinski definition) is 9. The Morgan fingerprint density at radius 2 is 1.76 bits per heavy atom. The molecule has 1 amide bonds. The Kier molecular flexibility index (Phi) is 10.8. The SMILES string of the molecule is CS(=O)(=O)N1CCc2c(c(-c3ccc(C(F)(F)F)c(SCC(=O)N4CCC(O)C4)c3)nn2CC(O)CN2CCN(c3ccc(F)cc3)CC2)C1. The molecule has 17 heteroatoms. The van der Waals surface area contributed by atoms with Crippen molar-refractivity contribution >= 4 is 33.4 Å². The minimum absolute atomic E-state index is 0.0236. The van der Waals surface area contributed by atoms with Gasteiger partial charge in [-0.2, -0.15) is 22.6 Å². The molecule has 11 nitrogen and oxygen atoms in total. The lowest BCUT2D eigenvalue weighted by atomic mass is 10.0. The number of β-amino-alcohol motifs (C(OH)–C–C–N with tert-alkyl or cyclic N) is 2. The van der Waals surface area contributed by atoms with Crippen molar-refractivity contribution in [1.82, 2.24) is 23.9 Å². The minimum Gasteiger partial charge on any atom is -0.391 e. The number of amides is 1. The summed E-state index contributed by atoms with van der Waals surface area (Å²) >= 11 is 0.758. The first-order chi connectivity index (χ1) is 23.7. The number of alkyl halides is 3. The number of thioether (sulfide) groups is 1. The number of aliphatic hydroxyl groups is 2. The van der Waals surface area contributed by atoms with Crippen molar-refractivity contribution in [1.29, 1.82) is 0 Å². The van der Waals surface area contributed by atoms with Gasteiger partial charge in [0.1, 0.15) is 5.82 Å². The zero-order chi connectivity index (χ0) is 35.8. The fourth-order valence-electron chi connectivity index (χ4n) is 6.75. The van der Waals surface area contributed by atoms with Crippen LogP contribution in [-0.2, 0) is 40.5 Å². The van der Waals surface area contributed by atoms with E-state index in [0.717, 1.165) is 29.8 Å². The monoisotopic (exact) mass is 740 g/mol. The number of rotatable bonds is 10. The molecule has 3 aromatic rings. The number of halogens is 4. The highest BCUT2D eigenvalue weighted by Gasteiger charge is 2.36. The third kappa shape index (κ3) is 8.45. The Labute approximate surface area is 292 Å². The highest BCUT2D eigenvalue weighted by Crippen LogP contribution is 2.40. The number of carbonyl (C=O) groups excluding carboxylic acids is 1. The zero-order valence-corrected chi connectivity index (χ0v) is 29.2.